The van der Waals surface area contributed by atoms with Crippen molar-refractivity contribution in [1.29, 1.82) is 0 Å². The van der Waals surface area contributed by atoms with Crippen molar-refractivity contribution in [2.45, 2.75) is 31.8 Å². The number of halogens is 1. The molecule has 158 valence electrons. The maximum absolute atomic E-state index is 13.5. The van der Waals surface area contributed by atoms with E-state index in [1.807, 2.05) is 0 Å². The number of Topliss-reactive ketones (excluding diaryl/α,β-unsaturated/α-hetero) is 2. The van der Waals surface area contributed by atoms with Crippen molar-refractivity contribution in [1.82, 2.24) is 4.90 Å². The second-order valence-electron chi connectivity index (χ2n) is 8.43. The van der Waals surface area contributed by atoms with Gasteiger partial charge in [0.05, 0.1) is 23.6 Å². The van der Waals surface area contributed by atoms with Crippen LogP contribution in [0, 0.1) is 11.8 Å². The van der Waals surface area contributed by atoms with Crippen LogP contribution in [-0.4, -0.2) is 46.9 Å². The Balaban J connectivity index is 1.52. The van der Waals surface area contributed by atoms with E-state index >= 15 is 0 Å². The first-order chi connectivity index (χ1) is 14.9. The second-order valence-corrected chi connectivity index (χ2v) is 8.87. The van der Waals surface area contributed by atoms with Crippen LogP contribution < -0.4 is 4.90 Å². The molecule has 7 heteroatoms. The van der Waals surface area contributed by atoms with E-state index in [1.54, 1.807) is 48.5 Å². The summed E-state index contributed by atoms with van der Waals surface area (Å²) < 4.78 is 0. The largest absolute Gasteiger partial charge is 0.295 e. The van der Waals surface area contributed by atoms with Crippen molar-refractivity contribution in [3.63, 3.8) is 0 Å². The molecule has 4 atom stereocenters. The minimum atomic E-state index is -0.700. The molecule has 5 rings (SSSR count). The van der Waals surface area contributed by atoms with Gasteiger partial charge in [-0.25, -0.2) is 4.90 Å². The van der Waals surface area contributed by atoms with Crippen LogP contribution in [0.1, 0.15) is 40.5 Å². The summed E-state index contributed by atoms with van der Waals surface area (Å²) >= 11 is 5.97. The third kappa shape index (κ3) is 3.05. The highest BCUT2D eigenvalue weighted by atomic mass is 35.5. The summed E-state index contributed by atoms with van der Waals surface area (Å²) in [6.07, 6.45) is 1.69. The van der Waals surface area contributed by atoms with E-state index in [0.29, 0.717) is 28.4 Å². The molecule has 3 aliphatic rings. The highest BCUT2D eigenvalue weighted by molar-refractivity contribution is 6.30. The van der Waals surface area contributed by atoms with Gasteiger partial charge in [0.1, 0.15) is 0 Å². The average Bonchev–Trinajstić information content (AvgIpc) is 3.40. The van der Waals surface area contributed by atoms with Gasteiger partial charge in [-0.15, -0.1) is 0 Å². The molecule has 0 aliphatic carbocycles. The zero-order valence-corrected chi connectivity index (χ0v) is 17.7. The Kier molecular flexibility index (Phi) is 4.79. The summed E-state index contributed by atoms with van der Waals surface area (Å²) in [6.45, 7) is 2.17. The van der Waals surface area contributed by atoms with Gasteiger partial charge >= 0.3 is 0 Å². The fraction of sp³-hybridized carbons (Fsp3) is 0.333. The minimum absolute atomic E-state index is 0.0854. The number of fused-ring (bicyclic) bond motifs is 3. The first-order valence-electron chi connectivity index (χ1n) is 10.4. The van der Waals surface area contributed by atoms with Crippen molar-refractivity contribution < 1.29 is 19.2 Å². The number of nitrogens with zero attached hydrogens (tertiary/aromatic N) is 2. The first kappa shape index (κ1) is 20.1. The SMILES string of the molecule is CC(=O)c1ccc(N2C(=O)[C@H]3[C@H](C2=O)[C@@H](C(=O)c2ccc(Cl)cc2)N2CCC[C@H]32)cc1. The van der Waals surface area contributed by atoms with Crippen LogP contribution in [0.5, 0.6) is 0 Å². The lowest BCUT2D eigenvalue weighted by molar-refractivity contribution is -0.123. The van der Waals surface area contributed by atoms with E-state index in [9.17, 15) is 19.2 Å². The first-order valence-corrected chi connectivity index (χ1v) is 10.8. The number of carbonyl (C=O) groups is 4. The van der Waals surface area contributed by atoms with Crippen LogP contribution in [0.15, 0.2) is 48.5 Å². The zero-order valence-electron chi connectivity index (χ0n) is 17.0. The normalized spacial score (nSPS) is 27.5. The van der Waals surface area contributed by atoms with Gasteiger partial charge in [0.2, 0.25) is 11.8 Å². The zero-order chi connectivity index (χ0) is 21.9. The van der Waals surface area contributed by atoms with Crippen molar-refractivity contribution in [3.8, 4) is 0 Å². The minimum Gasteiger partial charge on any atom is -0.295 e. The van der Waals surface area contributed by atoms with Crippen molar-refractivity contribution >= 4 is 40.7 Å². The van der Waals surface area contributed by atoms with Crippen LogP contribution in [0.2, 0.25) is 5.02 Å². The van der Waals surface area contributed by atoms with E-state index in [1.165, 1.54) is 11.8 Å². The number of rotatable bonds is 4. The second kappa shape index (κ2) is 7.39. The molecule has 3 aliphatic heterocycles. The van der Waals surface area contributed by atoms with E-state index in [2.05, 4.69) is 4.90 Å². The number of anilines is 1. The van der Waals surface area contributed by atoms with Crippen LogP contribution in [0.3, 0.4) is 0 Å². The molecular weight excluding hydrogens is 416 g/mol. The van der Waals surface area contributed by atoms with Gasteiger partial charge < -0.3 is 0 Å². The lowest BCUT2D eigenvalue weighted by atomic mass is 9.85. The van der Waals surface area contributed by atoms with Crippen molar-refractivity contribution in [2.75, 3.05) is 11.4 Å². The predicted octanol–water partition coefficient (Wildman–Crippen LogP) is 3.38. The molecule has 3 saturated heterocycles. The summed E-state index contributed by atoms with van der Waals surface area (Å²) in [4.78, 5) is 55.2. The topological polar surface area (TPSA) is 74.8 Å². The molecule has 0 radical (unpaired) electrons. The van der Waals surface area contributed by atoms with E-state index in [0.717, 1.165) is 12.8 Å². The summed E-state index contributed by atoms with van der Waals surface area (Å²) in [5, 5.41) is 0.534. The lowest BCUT2D eigenvalue weighted by Gasteiger charge is -2.27. The molecule has 2 aromatic carbocycles. The molecule has 0 bridgehead atoms. The van der Waals surface area contributed by atoms with Crippen molar-refractivity contribution in [3.05, 3.63) is 64.7 Å². The van der Waals surface area contributed by atoms with Gasteiger partial charge in [-0.3, -0.25) is 24.1 Å². The number of ketones is 2. The smallest absolute Gasteiger partial charge is 0.239 e. The van der Waals surface area contributed by atoms with Gasteiger partial charge in [0, 0.05) is 22.2 Å². The number of hydrogen-bond donors (Lipinski definition) is 0. The van der Waals surface area contributed by atoms with Gasteiger partial charge in [0.15, 0.2) is 11.6 Å². The monoisotopic (exact) mass is 436 g/mol. The predicted molar refractivity (Wildman–Crippen MR) is 115 cm³/mol. The van der Waals surface area contributed by atoms with E-state index in [-0.39, 0.29) is 29.4 Å². The molecule has 0 unspecified atom stereocenters. The third-order valence-electron chi connectivity index (χ3n) is 6.78. The van der Waals surface area contributed by atoms with E-state index < -0.39 is 17.9 Å². The molecule has 0 saturated carbocycles. The Labute approximate surface area is 184 Å². The Morgan fingerprint density at radius 2 is 1.52 bits per heavy atom. The Morgan fingerprint density at radius 1 is 0.903 bits per heavy atom. The van der Waals surface area contributed by atoms with Crippen LogP contribution >= 0.6 is 11.6 Å². The highest BCUT2D eigenvalue weighted by Gasteiger charge is 2.64. The third-order valence-corrected chi connectivity index (χ3v) is 7.03. The van der Waals surface area contributed by atoms with Gasteiger partial charge in [-0.2, -0.15) is 0 Å². The lowest BCUT2D eigenvalue weighted by Crippen LogP contribution is -2.46. The molecule has 3 fully saturated rings. The van der Waals surface area contributed by atoms with Crippen LogP contribution in [0.4, 0.5) is 5.69 Å². The van der Waals surface area contributed by atoms with Gasteiger partial charge in [-0.05, 0) is 74.8 Å². The summed E-state index contributed by atoms with van der Waals surface area (Å²) in [5.74, 6) is -2.05. The van der Waals surface area contributed by atoms with Gasteiger partial charge in [0.25, 0.3) is 0 Å². The average molecular weight is 437 g/mol. The standard InChI is InChI=1S/C24H21ClN2O4/c1-13(28)14-6-10-17(11-7-14)27-23(30)19-18-3-2-12-26(18)21(20(19)24(27)31)22(29)15-4-8-16(25)9-5-15/h4-11,18-21H,2-3,12H2,1H3/t18-,19-,20+,21+/m1/s1. The van der Waals surface area contributed by atoms with Crippen LogP contribution in [-0.2, 0) is 9.59 Å². The molecule has 0 aromatic heterocycles. The number of hydrogen-bond acceptors (Lipinski definition) is 5. The summed E-state index contributed by atoms with van der Waals surface area (Å²) in [5.41, 5.74) is 1.45. The quantitative estimate of drug-likeness (QED) is 0.542. The van der Waals surface area contributed by atoms with Crippen LogP contribution in [0.25, 0.3) is 0 Å². The maximum Gasteiger partial charge on any atom is 0.239 e. The molecule has 3 heterocycles. The summed E-state index contributed by atoms with van der Waals surface area (Å²) in [6, 6.07) is 12.4. The number of carbonyl (C=O) groups excluding carboxylic acids is 4. The van der Waals surface area contributed by atoms with Gasteiger partial charge in [-0.1, -0.05) is 11.6 Å². The number of imide groups is 1. The Hall–Kier alpha value is -2.83. The molecule has 31 heavy (non-hydrogen) atoms. The number of amides is 2. The molecular formula is C24H21ClN2O4. The fourth-order valence-corrected chi connectivity index (χ4v) is 5.53. The molecule has 2 amide bonds. The molecule has 0 N–H and O–H groups in total. The molecule has 2 aromatic rings. The molecule has 0 spiro atoms. The summed E-state index contributed by atoms with van der Waals surface area (Å²) in [7, 11) is 0. The maximum atomic E-state index is 13.5. The Morgan fingerprint density at radius 3 is 2.16 bits per heavy atom. The molecule has 6 nitrogen and oxygen atoms in total. The van der Waals surface area contributed by atoms with Crippen molar-refractivity contribution in [2.24, 2.45) is 11.8 Å². The Bertz CT molecular complexity index is 1100. The number of benzene rings is 2. The highest BCUT2D eigenvalue weighted by Crippen LogP contribution is 2.48. The van der Waals surface area contributed by atoms with E-state index in [4.69, 9.17) is 11.6 Å². The fourth-order valence-electron chi connectivity index (χ4n) is 5.40.